The van der Waals surface area contributed by atoms with E-state index >= 15 is 0 Å². The maximum atomic E-state index is 6.23. The van der Waals surface area contributed by atoms with Crippen molar-refractivity contribution in [3.05, 3.63) is 65.3 Å². The van der Waals surface area contributed by atoms with Crippen LogP contribution in [0, 0.1) is 13.8 Å². The minimum absolute atomic E-state index is 0.390. The number of benzene rings is 1. The lowest BCUT2D eigenvalue weighted by Gasteiger charge is -2.12. The van der Waals surface area contributed by atoms with Crippen LogP contribution in [0.2, 0.25) is 5.15 Å². The van der Waals surface area contributed by atoms with Gasteiger partial charge in [-0.15, -0.1) is 5.10 Å². The molecule has 3 aromatic heterocycles. The van der Waals surface area contributed by atoms with Crippen LogP contribution in [0.4, 0.5) is 0 Å². The Bertz CT molecular complexity index is 1060. The minimum atomic E-state index is 0.390. The first kappa shape index (κ1) is 15.6. The molecular formula is C19H14ClN3O2. The van der Waals surface area contributed by atoms with Crippen LogP contribution in [0.1, 0.15) is 11.1 Å². The van der Waals surface area contributed by atoms with E-state index in [1.807, 2.05) is 38.1 Å². The van der Waals surface area contributed by atoms with Gasteiger partial charge in [-0.2, -0.15) is 5.10 Å². The molecule has 0 aliphatic rings. The van der Waals surface area contributed by atoms with Crippen LogP contribution < -0.4 is 4.74 Å². The molecule has 0 amide bonds. The number of aromatic nitrogens is 3. The monoisotopic (exact) mass is 351 g/mol. The predicted molar refractivity (Wildman–Crippen MR) is 96.0 cm³/mol. The number of rotatable bonds is 3. The molecule has 0 aliphatic heterocycles. The van der Waals surface area contributed by atoms with Gasteiger partial charge in [-0.25, -0.2) is 4.98 Å². The number of furan rings is 1. The lowest BCUT2D eigenvalue weighted by molar-refractivity contribution is 0.468. The first-order valence-corrected chi connectivity index (χ1v) is 8.10. The molecule has 0 saturated heterocycles. The van der Waals surface area contributed by atoms with Crippen LogP contribution in [0.15, 0.2) is 53.4 Å². The van der Waals surface area contributed by atoms with Crippen molar-refractivity contribution in [3.8, 4) is 22.8 Å². The van der Waals surface area contributed by atoms with Gasteiger partial charge in [0.1, 0.15) is 11.3 Å². The van der Waals surface area contributed by atoms with E-state index in [1.54, 1.807) is 24.7 Å². The van der Waals surface area contributed by atoms with Crippen LogP contribution in [-0.2, 0) is 0 Å². The molecular weight excluding hydrogens is 338 g/mol. The Kier molecular flexibility index (Phi) is 3.86. The van der Waals surface area contributed by atoms with Gasteiger partial charge in [0.2, 0.25) is 5.88 Å². The third-order valence-corrected chi connectivity index (χ3v) is 4.29. The summed E-state index contributed by atoms with van der Waals surface area (Å²) in [6.07, 6.45) is 4.98. The summed E-state index contributed by atoms with van der Waals surface area (Å²) in [6, 6.07) is 9.45. The Morgan fingerprint density at radius 1 is 1.08 bits per heavy atom. The molecule has 6 heteroatoms. The Labute approximate surface area is 149 Å². The molecule has 0 fully saturated rings. The molecule has 0 atom stereocenters. The van der Waals surface area contributed by atoms with Crippen LogP contribution in [0.25, 0.3) is 22.1 Å². The lowest BCUT2D eigenvalue weighted by atomic mass is 9.99. The van der Waals surface area contributed by atoms with Gasteiger partial charge in [-0.1, -0.05) is 17.7 Å². The Hall–Kier alpha value is -2.92. The first-order valence-electron chi connectivity index (χ1n) is 7.72. The van der Waals surface area contributed by atoms with E-state index in [-0.39, 0.29) is 0 Å². The van der Waals surface area contributed by atoms with Crippen molar-refractivity contribution < 1.29 is 9.15 Å². The van der Waals surface area contributed by atoms with Crippen molar-refractivity contribution >= 4 is 22.6 Å². The maximum Gasteiger partial charge on any atom is 0.230 e. The molecule has 0 N–H and O–H groups in total. The second kappa shape index (κ2) is 6.18. The van der Waals surface area contributed by atoms with E-state index in [1.165, 1.54) is 0 Å². The summed E-state index contributed by atoms with van der Waals surface area (Å²) in [5.41, 5.74) is 4.62. The summed E-state index contributed by atoms with van der Waals surface area (Å²) in [5.74, 6) is 1.21. The number of halogens is 1. The summed E-state index contributed by atoms with van der Waals surface area (Å²) in [4.78, 5) is 4.29. The normalized spacial score (nSPS) is 11.0. The predicted octanol–water partition coefficient (Wildman–Crippen LogP) is 5.35. The standard InChI is InChI=1S/C19H14ClN3O2/c1-11-9-13(25-19-15-6-8-24-16(15)5-7-21-19)3-4-14(11)17-12(2)10-22-23-18(17)20/h3-10H,1-2H3. The molecule has 124 valence electrons. The Morgan fingerprint density at radius 2 is 1.96 bits per heavy atom. The lowest BCUT2D eigenvalue weighted by Crippen LogP contribution is -1.94. The highest BCUT2D eigenvalue weighted by atomic mass is 35.5. The van der Waals surface area contributed by atoms with E-state index in [2.05, 4.69) is 15.2 Å². The molecule has 4 rings (SSSR count). The average molecular weight is 352 g/mol. The number of hydrogen-bond donors (Lipinski definition) is 0. The fourth-order valence-electron chi connectivity index (χ4n) is 2.81. The number of hydrogen-bond acceptors (Lipinski definition) is 5. The summed E-state index contributed by atoms with van der Waals surface area (Å²) in [7, 11) is 0. The zero-order chi connectivity index (χ0) is 17.4. The van der Waals surface area contributed by atoms with Gasteiger partial charge in [0.05, 0.1) is 17.8 Å². The van der Waals surface area contributed by atoms with Crippen molar-refractivity contribution in [1.82, 2.24) is 15.2 Å². The SMILES string of the molecule is Cc1cc(Oc2nccc3occc23)ccc1-c1c(C)cnnc1Cl. The van der Waals surface area contributed by atoms with Crippen LogP contribution in [0.5, 0.6) is 11.6 Å². The van der Waals surface area contributed by atoms with Crippen LogP contribution >= 0.6 is 11.6 Å². The fraction of sp³-hybridized carbons (Fsp3) is 0.105. The zero-order valence-corrected chi connectivity index (χ0v) is 14.4. The second-order valence-corrected chi connectivity index (χ2v) is 6.08. The van der Waals surface area contributed by atoms with Gasteiger partial charge in [-0.3, -0.25) is 0 Å². The molecule has 25 heavy (non-hydrogen) atoms. The fourth-order valence-corrected chi connectivity index (χ4v) is 3.10. The molecule has 0 unspecified atom stereocenters. The molecule has 0 radical (unpaired) electrons. The number of aryl methyl sites for hydroxylation is 2. The topological polar surface area (TPSA) is 61.0 Å². The van der Waals surface area contributed by atoms with E-state index in [4.69, 9.17) is 20.8 Å². The van der Waals surface area contributed by atoms with Gasteiger partial charge in [0.15, 0.2) is 5.15 Å². The van der Waals surface area contributed by atoms with Crippen LogP contribution in [-0.4, -0.2) is 15.2 Å². The highest BCUT2D eigenvalue weighted by molar-refractivity contribution is 6.32. The van der Waals surface area contributed by atoms with Gasteiger partial charge in [0, 0.05) is 11.8 Å². The van der Waals surface area contributed by atoms with Gasteiger partial charge < -0.3 is 9.15 Å². The van der Waals surface area contributed by atoms with Gasteiger partial charge >= 0.3 is 0 Å². The van der Waals surface area contributed by atoms with E-state index < -0.39 is 0 Å². The number of fused-ring (bicyclic) bond motifs is 1. The number of pyridine rings is 1. The second-order valence-electron chi connectivity index (χ2n) is 5.72. The summed E-state index contributed by atoms with van der Waals surface area (Å²) >= 11 is 6.23. The number of ether oxygens (including phenoxy) is 1. The van der Waals surface area contributed by atoms with E-state index in [9.17, 15) is 0 Å². The highest BCUT2D eigenvalue weighted by Crippen LogP contribution is 2.35. The van der Waals surface area contributed by atoms with Crippen LogP contribution in [0.3, 0.4) is 0 Å². The smallest absolute Gasteiger partial charge is 0.230 e. The average Bonchev–Trinajstić information content (AvgIpc) is 3.06. The van der Waals surface area contributed by atoms with E-state index in [0.717, 1.165) is 33.2 Å². The van der Waals surface area contributed by atoms with Crippen molar-refractivity contribution in [2.45, 2.75) is 13.8 Å². The largest absolute Gasteiger partial charge is 0.464 e. The molecule has 0 aliphatic carbocycles. The molecule has 4 aromatic rings. The zero-order valence-electron chi connectivity index (χ0n) is 13.7. The summed E-state index contributed by atoms with van der Waals surface area (Å²) in [6.45, 7) is 3.97. The van der Waals surface area contributed by atoms with Crippen molar-refractivity contribution in [1.29, 1.82) is 0 Å². The molecule has 0 saturated carbocycles. The highest BCUT2D eigenvalue weighted by Gasteiger charge is 2.13. The van der Waals surface area contributed by atoms with E-state index in [0.29, 0.717) is 16.8 Å². The first-order chi connectivity index (χ1) is 12.1. The van der Waals surface area contributed by atoms with Crippen molar-refractivity contribution in [2.24, 2.45) is 0 Å². The van der Waals surface area contributed by atoms with Gasteiger partial charge in [-0.05, 0) is 54.8 Å². The quantitative estimate of drug-likeness (QED) is 0.498. The maximum absolute atomic E-state index is 6.23. The molecule has 3 heterocycles. The molecule has 0 bridgehead atoms. The Balaban J connectivity index is 1.72. The van der Waals surface area contributed by atoms with Crippen molar-refractivity contribution in [3.63, 3.8) is 0 Å². The number of nitrogens with zero attached hydrogens (tertiary/aromatic N) is 3. The molecule has 1 aromatic carbocycles. The molecule has 0 spiro atoms. The minimum Gasteiger partial charge on any atom is -0.464 e. The Morgan fingerprint density at radius 3 is 2.76 bits per heavy atom. The third-order valence-electron chi connectivity index (χ3n) is 4.02. The van der Waals surface area contributed by atoms with Crippen molar-refractivity contribution in [2.75, 3.05) is 0 Å². The summed E-state index contributed by atoms with van der Waals surface area (Å²) < 4.78 is 11.3. The molecule has 5 nitrogen and oxygen atoms in total. The third kappa shape index (κ3) is 2.83. The summed E-state index contributed by atoms with van der Waals surface area (Å²) in [5, 5.41) is 9.04. The van der Waals surface area contributed by atoms with Gasteiger partial charge in [0.25, 0.3) is 0 Å².